The van der Waals surface area contributed by atoms with Crippen LogP contribution in [-0.4, -0.2) is 51.7 Å². The minimum atomic E-state index is -3.29. The van der Waals surface area contributed by atoms with Crippen LogP contribution < -0.4 is 5.32 Å². The number of sulfone groups is 1. The number of nitrogens with one attached hydrogen (secondary N) is 1. The predicted molar refractivity (Wildman–Crippen MR) is 96.5 cm³/mol. The molecule has 2 heterocycles. The molecule has 0 unspecified atom stereocenters. The number of carbonyl (C=O) groups excluding carboxylic acids is 1. The Morgan fingerprint density at radius 2 is 1.75 bits per heavy atom. The van der Waals surface area contributed by atoms with Crippen molar-refractivity contribution in [2.24, 2.45) is 5.41 Å². The van der Waals surface area contributed by atoms with Crippen LogP contribution in [0.25, 0.3) is 0 Å². The molecular weight excluding hydrogens is 348 g/mol. The molecule has 7 heteroatoms. The molecule has 2 fully saturated rings. The molecule has 0 aliphatic carbocycles. The molecule has 2 saturated heterocycles. The molecule has 0 atom stereocenters. The van der Waals surface area contributed by atoms with E-state index in [4.69, 9.17) is 0 Å². The molecule has 1 aromatic carbocycles. The third-order valence-electron chi connectivity index (χ3n) is 5.28. The maximum atomic E-state index is 12.7. The number of hydrogen-bond acceptors (Lipinski definition) is 4. The van der Waals surface area contributed by atoms with Crippen LogP contribution in [0, 0.1) is 5.41 Å². The largest absolute Gasteiger partial charge is 0.339 e. The molecule has 0 radical (unpaired) electrons. The minimum Gasteiger partial charge on any atom is -0.339 e. The first-order valence-electron chi connectivity index (χ1n) is 8.20. The zero-order chi connectivity index (χ0) is 16.5. The molecule has 1 spiro atoms. The summed E-state index contributed by atoms with van der Waals surface area (Å²) in [4.78, 5) is 14.7. The fraction of sp³-hybridized carbons (Fsp3) is 0.588. The first-order valence-corrected chi connectivity index (χ1v) is 10.1. The number of benzene rings is 1. The average Bonchev–Trinajstić information content (AvgIpc) is 2.55. The topological polar surface area (TPSA) is 66.5 Å². The number of likely N-dealkylation sites (tertiary alicyclic amines) is 1. The van der Waals surface area contributed by atoms with E-state index in [9.17, 15) is 13.2 Å². The van der Waals surface area contributed by atoms with Crippen molar-refractivity contribution in [3.05, 3.63) is 29.8 Å². The van der Waals surface area contributed by atoms with Gasteiger partial charge < -0.3 is 10.2 Å². The first kappa shape index (κ1) is 19.2. The zero-order valence-electron chi connectivity index (χ0n) is 14.0. The summed E-state index contributed by atoms with van der Waals surface area (Å²) in [6, 6.07) is 6.37. The van der Waals surface area contributed by atoms with Crippen molar-refractivity contribution < 1.29 is 13.2 Å². The van der Waals surface area contributed by atoms with Gasteiger partial charge in [-0.2, -0.15) is 0 Å². The third kappa shape index (κ3) is 4.10. The molecule has 1 N–H and O–H groups in total. The molecule has 0 saturated carbocycles. The fourth-order valence-electron chi connectivity index (χ4n) is 3.68. The highest BCUT2D eigenvalue weighted by Gasteiger charge is 2.36. The monoisotopic (exact) mass is 372 g/mol. The minimum absolute atomic E-state index is 0. The van der Waals surface area contributed by atoms with E-state index in [-0.39, 0.29) is 23.2 Å². The predicted octanol–water partition coefficient (Wildman–Crippen LogP) is 2.12. The summed E-state index contributed by atoms with van der Waals surface area (Å²) in [5.74, 6) is -0.0562. The van der Waals surface area contributed by atoms with E-state index in [1.165, 1.54) is 31.2 Å². The second-order valence-corrected chi connectivity index (χ2v) is 8.86. The van der Waals surface area contributed by atoms with Crippen LogP contribution in [0.3, 0.4) is 0 Å². The zero-order valence-corrected chi connectivity index (χ0v) is 15.6. The fourth-order valence-corrected chi connectivity index (χ4v) is 4.35. The van der Waals surface area contributed by atoms with Crippen LogP contribution in [0.2, 0.25) is 0 Å². The highest BCUT2D eigenvalue weighted by molar-refractivity contribution is 7.90. The summed E-state index contributed by atoms with van der Waals surface area (Å²) in [6.45, 7) is 3.68. The molecule has 24 heavy (non-hydrogen) atoms. The Morgan fingerprint density at radius 3 is 2.33 bits per heavy atom. The van der Waals surface area contributed by atoms with Gasteiger partial charge in [0, 0.05) is 24.9 Å². The highest BCUT2D eigenvalue weighted by Crippen LogP contribution is 2.39. The Kier molecular flexibility index (Phi) is 5.94. The van der Waals surface area contributed by atoms with Gasteiger partial charge >= 0.3 is 0 Å². The van der Waals surface area contributed by atoms with Gasteiger partial charge in [-0.05, 0) is 62.4 Å². The first-order chi connectivity index (χ1) is 10.9. The van der Waals surface area contributed by atoms with Crippen molar-refractivity contribution in [3.8, 4) is 0 Å². The van der Waals surface area contributed by atoms with Gasteiger partial charge in [-0.15, -0.1) is 12.4 Å². The lowest BCUT2D eigenvalue weighted by molar-refractivity contribution is 0.0495. The maximum Gasteiger partial charge on any atom is 0.253 e. The summed E-state index contributed by atoms with van der Waals surface area (Å²) in [7, 11) is -3.29. The molecular formula is C17H25ClN2O3S. The van der Waals surface area contributed by atoms with Crippen LogP contribution in [-0.2, 0) is 9.84 Å². The second kappa shape index (κ2) is 7.42. The van der Waals surface area contributed by atoms with Gasteiger partial charge in [0.15, 0.2) is 9.84 Å². The quantitative estimate of drug-likeness (QED) is 0.863. The van der Waals surface area contributed by atoms with Gasteiger partial charge in [0.25, 0.3) is 5.91 Å². The Balaban J connectivity index is 0.00000208. The third-order valence-corrected chi connectivity index (χ3v) is 6.39. The molecule has 2 aliphatic heterocycles. The molecule has 3 rings (SSSR count). The number of amides is 1. The van der Waals surface area contributed by atoms with Gasteiger partial charge in [0.1, 0.15) is 0 Å². The van der Waals surface area contributed by atoms with E-state index in [2.05, 4.69) is 5.32 Å². The van der Waals surface area contributed by atoms with Crippen LogP contribution in [0.4, 0.5) is 0 Å². The molecule has 1 aromatic rings. The summed E-state index contributed by atoms with van der Waals surface area (Å²) < 4.78 is 23.3. The Bertz CT molecular complexity index is 690. The van der Waals surface area contributed by atoms with Gasteiger partial charge in [-0.25, -0.2) is 8.42 Å². The number of carbonyl (C=O) groups is 1. The molecule has 134 valence electrons. The summed E-state index contributed by atoms with van der Waals surface area (Å²) in [5, 5.41) is 3.40. The van der Waals surface area contributed by atoms with Crippen LogP contribution in [0.5, 0.6) is 0 Å². The number of nitrogens with zero attached hydrogens (tertiary/aromatic N) is 1. The Labute approximate surface area is 150 Å². The summed E-state index contributed by atoms with van der Waals surface area (Å²) >= 11 is 0. The van der Waals surface area contributed by atoms with Gasteiger partial charge in [0.05, 0.1) is 4.90 Å². The average molecular weight is 373 g/mol. The van der Waals surface area contributed by atoms with Crippen molar-refractivity contribution in [2.75, 3.05) is 32.4 Å². The van der Waals surface area contributed by atoms with Crippen LogP contribution >= 0.6 is 12.4 Å². The lowest BCUT2D eigenvalue weighted by atomic mass is 9.71. The van der Waals surface area contributed by atoms with Crippen molar-refractivity contribution in [2.45, 2.75) is 30.6 Å². The molecule has 0 bridgehead atoms. The SMILES string of the molecule is CS(=O)(=O)c1cccc(C(=O)N2CCC3(CCNCC3)CC2)c1.Cl. The summed E-state index contributed by atoms with van der Waals surface area (Å²) in [6.07, 6.45) is 5.65. The number of rotatable bonds is 2. The molecule has 2 aliphatic rings. The van der Waals surface area contributed by atoms with Crippen molar-refractivity contribution in [1.82, 2.24) is 10.2 Å². The van der Waals surface area contributed by atoms with Gasteiger partial charge in [-0.3, -0.25) is 4.79 Å². The van der Waals surface area contributed by atoms with E-state index in [0.29, 0.717) is 11.0 Å². The number of halogens is 1. The molecule has 0 aromatic heterocycles. The Morgan fingerprint density at radius 1 is 1.12 bits per heavy atom. The van der Waals surface area contributed by atoms with Crippen molar-refractivity contribution in [3.63, 3.8) is 0 Å². The van der Waals surface area contributed by atoms with Crippen LogP contribution in [0.15, 0.2) is 29.2 Å². The van der Waals surface area contributed by atoms with Crippen molar-refractivity contribution in [1.29, 1.82) is 0 Å². The van der Waals surface area contributed by atoms with Gasteiger partial charge in [-0.1, -0.05) is 6.07 Å². The smallest absolute Gasteiger partial charge is 0.253 e. The highest BCUT2D eigenvalue weighted by atomic mass is 35.5. The lowest BCUT2D eigenvalue weighted by Crippen LogP contribution is -2.47. The number of piperidine rings is 2. The van der Waals surface area contributed by atoms with Crippen LogP contribution in [0.1, 0.15) is 36.0 Å². The number of hydrogen-bond donors (Lipinski definition) is 1. The normalized spacial score (nSPS) is 20.5. The van der Waals surface area contributed by atoms with E-state index >= 15 is 0 Å². The maximum absolute atomic E-state index is 12.7. The van der Waals surface area contributed by atoms with Crippen molar-refractivity contribution >= 4 is 28.2 Å². The van der Waals surface area contributed by atoms with E-state index in [1.54, 1.807) is 12.1 Å². The second-order valence-electron chi connectivity index (χ2n) is 6.84. The van der Waals surface area contributed by atoms with Gasteiger partial charge in [0.2, 0.25) is 0 Å². The standard InChI is InChI=1S/C17H24N2O3S.ClH/c1-23(21,22)15-4-2-3-14(13-15)16(20)19-11-7-17(8-12-19)5-9-18-10-6-17;/h2-4,13,18H,5-12H2,1H3;1H. The molecule has 1 amide bonds. The lowest BCUT2D eigenvalue weighted by Gasteiger charge is -2.44. The molecule has 5 nitrogen and oxygen atoms in total. The Hall–Kier alpha value is -1.11. The van der Waals surface area contributed by atoms with E-state index < -0.39 is 9.84 Å². The van der Waals surface area contributed by atoms with E-state index in [1.807, 2.05) is 4.90 Å². The summed E-state index contributed by atoms with van der Waals surface area (Å²) in [5.41, 5.74) is 0.866. The van der Waals surface area contributed by atoms with E-state index in [0.717, 1.165) is 39.0 Å².